The first kappa shape index (κ1) is 37.2. The molecule has 0 unspecified atom stereocenters. The van der Waals surface area contributed by atoms with E-state index in [2.05, 4.69) is 19.4 Å². The Labute approximate surface area is 322 Å². The molecule has 3 amide bonds. The summed E-state index contributed by atoms with van der Waals surface area (Å²) in [7, 11) is -3.97. The maximum Gasteiger partial charge on any atom is 0.263 e. The fourth-order valence-electron chi connectivity index (χ4n) is 8.00. The highest BCUT2D eigenvalue weighted by atomic mass is 32.2. The average molecular weight is 788 g/mol. The van der Waals surface area contributed by atoms with Crippen molar-refractivity contribution in [2.75, 3.05) is 6.54 Å². The minimum Gasteiger partial charge on any atom is -0.472 e. The summed E-state index contributed by atoms with van der Waals surface area (Å²) in [6.07, 6.45) is 8.90. The van der Waals surface area contributed by atoms with Crippen LogP contribution in [0.4, 0.5) is 4.39 Å². The third kappa shape index (κ3) is 7.23. The molecule has 15 heteroatoms. The minimum atomic E-state index is -3.97. The monoisotopic (exact) mass is 787 g/mol. The quantitative estimate of drug-likeness (QED) is 0.179. The van der Waals surface area contributed by atoms with Gasteiger partial charge < -0.3 is 15.0 Å². The van der Waals surface area contributed by atoms with Crippen LogP contribution in [0.25, 0.3) is 21.7 Å². The number of ether oxygens (including phenoxy) is 1. The van der Waals surface area contributed by atoms with Crippen LogP contribution >= 0.6 is 11.5 Å². The highest BCUT2D eigenvalue weighted by Crippen LogP contribution is 2.57. The van der Waals surface area contributed by atoms with Gasteiger partial charge in [0.1, 0.15) is 22.8 Å². The maximum absolute atomic E-state index is 14.6. The van der Waals surface area contributed by atoms with Gasteiger partial charge in [-0.1, -0.05) is 43.2 Å². The van der Waals surface area contributed by atoms with Crippen LogP contribution in [0.2, 0.25) is 0 Å². The number of carbonyl (C=O) groups is 4. The Kier molecular flexibility index (Phi) is 9.73. The summed E-state index contributed by atoms with van der Waals surface area (Å²) in [5.41, 5.74) is -0.907. The van der Waals surface area contributed by atoms with Crippen LogP contribution in [0.3, 0.4) is 0 Å². The van der Waals surface area contributed by atoms with E-state index in [1.165, 1.54) is 23.2 Å². The Bertz CT molecular complexity index is 2330. The summed E-state index contributed by atoms with van der Waals surface area (Å²) in [4.78, 5) is 62.8. The molecule has 0 bridgehead atoms. The number of carbonyl (C=O) groups excluding carboxylic acids is 4. The van der Waals surface area contributed by atoms with Crippen LogP contribution in [-0.4, -0.2) is 75.7 Å². The molecule has 288 valence electrons. The van der Waals surface area contributed by atoms with Gasteiger partial charge in [0, 0.05) is 35.9 Å². The van der Waals surface area contributed by atoms with Crippen molar-refractivity contribution in [3.05, 3.63) is 77.6 Å². The van der Waals surface area contributed by atoms with Crippen LogP contribution in [0.1, 0.15) is 80.8 Å². The number of amides is 3. The van der Waals surface area contributed by atoms with Crippen molar-refractivity contribution in [3.63, 3.8) is 0 Å². The van der Waals surface area contributed by atoms with E-state index < -0.39 is 67.7 Å². The van der Waals surface area contributed by atoms with E-state index in [1.54, 1.807) is 19.1 Å². The number of Topliss-reactive ketones (excluding diaryl/α,β-unsaturated/α-hetero) is 1. The Morgan fingerprint density at radius 2 is 1.84 bits per heavy atom. The van der Waals surface area contributed by atoms with E-state index in [4.69, 9.17) is 4.74 Å². The number of rotatable bonds is 7. The summed E-state index contributed by atoms with van der Waals surface area (Å²) in [5.74, 6) is -2.59. The number of fused-ring (bicyclic) bond motifs is 5. The molecule has 5 atom stereocenters. The SMILES string of the molecule is CC1(S(=O)(=O)NC(=O)[C@]23CC(=O)[C@@H]4C[C@@H](Oc5nc6cc(F)ccc6c6ccccc56)CN4C(=O)[C@@H](NC(=O)c4ccns4)CCCCC/C=C\[C@@H]2C3)CC1. The molecule has 1 saturated heterocycles. The molecule has 2 N–H and O–H groups in total. The van der Waals surface area contributed by atoms with Gasteiger partial charge in [0.25, 0.3) is 5.91 Å². The number of pyridine rings is 1. The molecule has 4 aromatic rings. The van der Waals surface area contributed by atoms with Gasteiger partial charge in [0.05, 0.1) is 28.3 Å². The molecule has 0 radical (unpaired) electrons. The van der Waals surface area contributed by atoms with Crippen LogP contribution in [0.5, 0.6) is 5.88 Å². The molecule has 3 fully saturated rings. The van der Waals surface area contributed by atoms with Crippen LogP contribution in [0.15, 0.2) is 66.9 Å². The van der Waals surface area contributed by atoms with Gasteiger partial charge in [-0.2, -0.15) is 0 Å². The van der Waals surface area contributed by atoms with Crippen molar-refractivity contribution in [3.8, 4) is 5.88 Å². The van der Waals surface area contributed by atoms with Crippen molar-refractivity contribution in [2.45, 2.75) is 94.1 Å². The number of aromatic nitrogens is 2. The number of hydrogen-bond donors (Lipinski definition) is 2. The van der Waals surface area contributed by atoms with Gasteiger partial charge in [-0.3, -0.25) is 23.9 Å². The second kappa shape index (κ2) is 14.4. The Morgan fingerprint density at radius 3 is 2.60 bits per heavy atom. The Morgan fingerprint density at radius 1 is 1.04 bits per heavy atom. The summed E-state index contributed by atoms with van der Waals surface area (Å²) < 4.78 is 52.6. The van der Waals surface area contributed by atoms with Crippen molar-refractivity contribution < 1.29 is 36.7 Å². The second-order valence-corrected chi connectivity index (χ2v) is 18.6. The van der Waals surface area contributed by atoms with Gasteiger partial charge in [-0.05, 0) is 92.6 Å². The molecule has 2 aromatic heterocycles. The van der Waals surface area contributed by atoms with Gasteiger partial charge >= 0.3 is 0 Å². The number of ketones is 1. The predicted octanol–water partition coefficient (Wildman–Crippen LogP) is 5.61. The lowest BCUT2D eigenvalue weighted by molar-refractivity contribution is -0.140. The highest BCUT2D eigenvalue weighted by Gasteiger charge is 2.62. The van der Waals surface area contributed by atoms with Crippen LogP contribution < -0.4 is 14.8 Å². The van der Waals surface area contributed by atoms with Crippen molar-refractivity contribution >= 4 is 66.7 Å². The smallest absolute Gasteiger partial charge is 0.263 e. The van der Waals surface area contributed by atoms with Crippen molar-refractivity contribution in [2.24, 2.45) is 11.3 Å². The number of hydrogen-bond acceptors (Lipinski definition) is 10. The Balaban J connectivity index is 1.13. The molecule has 2 aliphatic carbocycles. The minimum absolute atomic E-state index is 0.0192. The molecule has 55 heavy (non-hydrogen) atoms. The van der Waals surface area contributed by atoms with Gasteiger partial charge in [0.2, 0.25) is 27.7 Å². The number of nitrogens with one attached hydrogen (secondary N) is 2. The van der Waals surface area contributed by atoms with Crippen molar-refractivity contribution in [1.29, 1.82) is 0 Å². The summed E-state index contributed by atoms with van der Waals surface area (Å²) in [6.45, 7) is 1.58. The van der Waals surface area contributed by atoms with E-state index in [0.717, 1.165) is 35.1 Å². The first-order chi connectivity index (χ1) is 26.4. The third-order valence-electron chi connectivity index (χ3n) is 11.7. The standard InChI is InChI=1S/C40H42FN5O7S2/c1-39(16-17-39)55(51,52)45-38(50)40-21-24(40)9-5-3-2-4-6-12-30(43-35(48)34-15-18-42-54-34)37(49)46-23-26(20-32(46)33(47)22-40)53-36-29-11-8-7-10-27(29)28-14-13-25(41)19-31(28)44-36/h5,7-11,13-15,18-19,24,26,30,32H,2-4,6,12,16-17,20-23H2,1H3,(H,43,48)(H,45,50)/b9-5-/t24-,26-,30+,32+,40-/m1/s1. The van der Waals surface area contributed by atoms with E-state index in [0.29, 0.717) is 54.3 Å². The zero-order valence-corrected chi connectivity index (χ0v) is 32.0. The zero-order chi connectivity index (χ0) is 38.5. The normalized spacial score (nSPS) is 27.3. The maximum atomic E-state index is 14.6. The average Bonchev–Trinajstić information content (AvgIpc) is 3.91. The van der Waals surface area contributed by atoms with E-state index >= 15 is 0 Å². The first-order valence-electron chi connectivity index (χ1n) is 18.8. The molecular weight excluding hydrogens is 746 g/mol. The van der Waals surface area contributed by atoms with E-state index in [1.807, 2.05) is 36.4 Å². The summed E-state index contributed by atoms with van der Waals surface area (Å²) in [6, 6.07) is 11.4. The predicted molar refractivity (Wildman–Crippen MR) is 204 cm³/mol. The lowest BCUT2D eigenvalue weighted by Crippen LogP contribution is -2.52. The van der Waals surface area contributed by atoms with Gasteiger partial charge in [0.15, 0.2) is 5.78 Å². The largest absolute Gasteiger partial charge is 0.472 e. The molecule has 0 spiro atoms. The number of nitrogens with zero attached hydrogens (tertiary/aromatic N) is 3. The number of allylic oxidation sites excluding steroid dienone is 2. The molecule has 12 nitrogen and oxygen atoms in total. The lowest BCUT2D eigenvalue weighted by Gasteiger charge is -2.29. The number of halogens is 1. The lowest BCUT2D eigenvalue weighted by atomic mass is 9.91. The molecule has 2 saturated carbocycles. The Hall–Kier alpha value is -4.76. The third-order valence-corrected chi connectivity index (χ3v) is 14.6. The first-order valence-corrected chi connectivity index (χ1v) is 21.1. The van der Waals surface area contributed by atoms with Crippen LogP contribution in [-0.2, 0) is 24.4 Å². The number of benzene rings is 2. The highest BCUT2D eigenvalue weighted by molar-refractivity contribution is 7.91. The zero-order valence-electron chi connectivity index (χ0n) is 30.3. The molecule has 8 rings (SSSR count). The second-order valence-electron chi connectivity index (χ2n) is 15.6. The van der Waals surface area contributed by atoms with E-state index in [9.17, 15) is 32.0 Å². The molecule has 2 aromatic carbocycles. The van der Waals surface area contributed by atoms with E-state index in [-0.39, 0.29) is 31.2 Å². The topological polar surface area (TPSA) is 165 Å². The molecule has 4 heterocycles. The van der Waals surface area contributed by atoms with Crippen LogP contribution in [0, 0.1) is 17.2 Å². The summed E-state index contributed by atoms with van der Waals surface area (Å²) in [5, 5.41) is 5.10. The number of sulfonamides is 1. The summed E-state index contributed by atoms with van der Waals surface area (Å²) >= 11 is 1.01. The van der Waals surface area contributed by atoms with Gasteiger partial charge in [-0.25, -0.2) is 22.2 Å². The molecule has 4 aliphatic rings. The van der Waals surface area contributed by atoms with Gasteiger partial charge in [-0.15, -0.1) is 0 Å². The molecular formula is C40H42FN5O7S2. The fraction of sp³-hybridized carbons (Fsp3) is 0.450. The fourth-order valence-corrected chi connectivity index (χ4v) is 9.83. The molecule has 2 aliphatic heterocycles. The van der Waals surface area contributed by atoms with Crippen molar-refractivity contribution in [1.82, 2.24) is 24.3 Å².